The van der Waals surface area contributed by atoms with E-state index in [4.69, 9.17) is 12.8 Å². The zero-order valence-corrected chi connectivity index (χ0v) is 16.7. The van der Waals surface area contributed by atoms with E-state index in [1.165, 1.54) is 13.8 Å². The third kappa shape index (κ3) is 8.79. The van der Waals surface area contributed by atoms with Crippen LogP contribution in [-0.2, 0) is 5.60 Å². The minimum absolute atomic E-state index is 0. The van der Waals surface area contributed by atoms with Gasteiger partial charge in [0.15, 0.2) is 5.60 Å². The third-order valence-electron chi connectivity index (χ3n) is 2.09. The molecule has 0 radical (unpaired) electrons. The average molecular weight is 408 g/mol. The maximum absolute atomic E-state index is 10.5. The van der Waals surface area contributed by atoms with Crippen LogP contribution in [0.2, 0.25) is 0 Å². The van der Waals surface area contributed by atoms with Crippen molar-refractivity contribution < 1.29 is 35.9 Å². The molecule has 0 bridgehead atoms. The summed E-state index contributed by atoms with van der Waals surface area (Å²) in [5.74, 6) is 3.04. The molecule has 0 aromatic carbocycles. The number of nitrogens with zero attached hydrogens (tertiary/aromatic N) is 4. The number of aromatic nitrogens is 4. The number of ketones is 1. The molecule has 0 spiro atoms. The average Bonchev–Trinajstić information content (AvgIpc) is 3.11. The fraction of sp³-hybridized carbons (Fsp3) is 0.357. The second-order valence-corrected chi connectivity index (χ2v) is 4.05. The summed E-state index contributed by atoms with van der Waals surface area (Å²) < 4.78 is 9.18. The number of hydrogen-bond donors (Lipinski definition) is 1. The number of aryl methyl sites for hydroxylation is 2. The van der Waals surface area contributed by atoms with Crippen molar-refractivity contribution in [1.82, 2.24) is 20.3 Å². The quantitative estimate of drug-likeness (QED) is 0.254. The minimum Gasteiger partial charge on any atom is -1.00 e. The van der Waals surface area contributed by atoms with Gasteiger partial charge in [0.05, 0.1) is 0 Å². The van der Waals surface area contributed by atoms with E-state index in [1.807, 2.05) is 0 Å². The number of aliphatic hydroxyl groups is 1. The molecular formula is C14H15BrMgN4O4. The molecule has 1 N–H and O–H groups in total. The van der Waals surface area contributed by atoms with Crippen molar-refractivity contribution in [3.8, 4) is 18.8 Å². The van der Waals surface area contributed by atoms with Crippen molar-refractivity contribution in [2.75, 3.05) is 0 Å². The number of Topliss-reactive ketones (excluding diaryl/α,β-unsaturated/α-hetero) is 1. The standard InChI is InChI=1S/C7H8N2O2.C5H6N2O2.C2H.BrH.Mg/c1-4-7(3,10)6-8-5(2)11-9-6;1-3(8)5-6-4(2)9-7-5;1-2;;/h1,10H,2-3H3;1-2H3;1H;1H;/q;;-1;;+2/p-1. The summed E-state index contributed by atoms with van der Waals surface area (Å²) in [6, 6.07) is 0. The monoisotopic (exact) mass is 406 g/mol. The van der Waals surface area contributed by atoms with Crippen molar-refractivity contribution in [3.05, 3.63) is 29.9 Å². The Morgan fingerprint density at radius 2 is 1.67 bits per heavy atom. The Morgan fingerprint density at radius 1 is 1.21 bits per heavy atom. The molecule has 2 aromatic rings. The summed E-state index contributed by atoms with van der Waals surface area (Å²) in [6.07, 6.45) is 14.0. The molecule has 10 heteroatoms. The second kappa shape index (κ2) is 12.7. The van der Waals surface area contributed by atoms with Crippen LogP contribution < -0.4 is 17.0 Å². The van der Waals surface area contributed by atoms with E-state index >= 15 is 0 Å². The Kier molecular flexibility index (Phi) is 14.3. The first-order valence-electron chi connectivity index (χ1n) is 5.87. The van der Waals surface area contributed by atoms with Crippen molar-refractivity contribution in [2.45, 2.75) is 33.3 Å². The first-order chi connectivity index (χ1) is 10.3. The number of hydrogen-bond acceptors (Lipinski definition) is 8. The van der Waals surface area contributed by atoms with E-state index in [9.17, 15) is 9.90 Å². The van der Waals surface area contributed by atoms with Gasteiger partial charge in [-0.25, -0.2) is 0 Å². The maximum atomic E-state index is 10.5. The van der Waals surface area contributed by atoms with Crippen LogP contribution in [0.15, 0.2) is 9.05 Å². The molecule has 124 valence electrons. The first kappa shape index (κ1) is 27.1. The van der Waals surface area contributed by atoms with E-state index in [2.05, 4.69) is 41.7 Å². The Balaban J connectivity index is -0.000000313. The second-order valence-electron chi connectivity index (χ2n) is 4.05. The Labute approximate surface area is 166 Å². The molecule has 0 fully saturated rings. The molecule has 2 aromatic heterocycles. The number of terminal acetylenes is 2. The summed E-state index contributed by atoms with van der Waals surface area (Å²) >= 11 is 0. The van der Waals surface area contributed by atoms with E-state index in [0.29, 0.717) is 11.8 Å². The Bertz CT molecular complexity index is 688. The van der Waals surface area contributed by atoms with Crippen molar-refractivity contribution in [1.29, 1.82) is 0 Å². The van der Waals surface area contributed by atoms with E-state index in [0.717, 1.165) is 0 Å². The van der Waals surface area contributed by atoms with Crippen LogP contribution in [0, 0.1) is 39.0 Å². The molecule has 1 unspecified atom stereocenters. The minimum atomic E-state index is -1.43. The predicted molar refractivity (Wildman–Crippen MR) is 80.4 cm³/mol. The summed E-state index contributed by atoms with van der Waals surface area (Å²) in [5.41, 5.74) is -1.43. The van der Waals surface area contributed by atoms with Gasteiger partial charge in [-0.1, -0.05) is 16.2 Å². The number of halogens is 1. The summed E-state index contributed by atoms with van der Waals surface area (Å²) in [4.78, 5) is 17.9. The van der Waals surface area contributed by atoms with Gasteiger partial charge in [-0.2, -0.15) is 9.97 Å². The van der Waals surface area contributed by atoms with E-state index in [1.54, 1.807) is 13.8 Å². The maximum Gasteiger partial charge on any atom is 2.00 e. The van der Waals surface area contributed by atoms with Crippen LogP contribution in [-0.4, -0.2) is 54.2 Å². The molecule has 1 atom stereocenters. The number of carbonyl (C=O) groups excluding carboxylic acids is 1. The molecule has 0 aliphatic carbocycles. The van der Waals surface area contributed by atoms with E-state index < -0.39 is 5.60 Å². The zero-order valence-electron chi connectivity index (χ0n) is 13.7. The van der Waals surface area contributed by atoms with Crippen molar-refractivity contribution >= 4 is 28.8 Å². The SMILES string of the molecule is C#CC(C)(O)c1noc(C)n1.CC(=O)c1noc(C)n1.[Br-].[C-]#C.[Mg+2]. The van der Waals surface area contributed by atoms with Crippen LogP contribution in [0.25, 0.3) is 0 Å². The van der Waals surface area contributed by atoms with Crippen LogP contribution >= 0.6 is 0 Å². The van der Waals surface area contributed by atoms with Crippen molar-refractivity contribution in [3.63, 3.8) is 0 Å². The molecule has 0 aliphatic heterocycles. The molecule has 0 saturated heterocycles. The largest absolute Gasteiger partial charge is 2.00 e. The van der Waals surface area contributed by atoms with Crippen LogP contribution in [0.4, 0.5) is 0 Å². The molecule has 0 saturated carbocycles. The molecule has 24 heavy (non-hydrogen) atoms. The molecule has 2 rings (SSSR count). The zero-order chi connectivity index (χ0) is 17.3. The summed E-state index contributed by atoms with van der Waals surface area (Å²) in [5, 5.41) is 16.2. The molecule has 0 amide bonds. The smallest absolute Gasteiger partial charge is 1.00 e. The summed E-state index contributed by atoms with van der Waals surface area (Å²) in [7, 11) is 0. The van der Waals surface area contributed by atoms with Crippen LogP contribution in [0.5, 0.6) is 0 Å². The fourth-order valence-electron chi connectivity index (χ4n) is 1.00. The van der Waals surface area contributed by atoms with Gasteiger partial charge in [-0.3, -0.25) is 4.79 Å². The van der Waals surface area contributed by atoms with Gasteiger partial charge in [0.2, 0.25) is 29.2 Å². The van der Waals surface area contributed by atoms with Gasteiger partial charge >= 0.3 is 23.1 Å². The number of carbonyl (C=O) groups is 1. The van der Waals surface area contributed by atoms with Gasteiger partial charge in [-0.05, 0) is 6.92 Å². The topological polar surface area (TPSA) is 115 Å². The van der Waals surface area contributed by atoms with Crippen molar-refractivity contribution in [2.24, 2.45) is 0 Å². The molecule has 2 heterocycles. The third-order valence-corrected chi connectivity index (χ3v) is 2.09. The molecular weight excluding hydrogens is 392 g/mol. The van der Waals surface area contributed by atoms with Gasteiger partial charge < -0.3 is 44.0 Å². The molecule has 0 aliphatic rings. The molecule has 8 nitrogen and oxygen atoms in total. The Hall–Kier alpha value is -1.72. The normalized spacial score (nSPS) is 10.8. The van der Waals surface area contributed by atoms with Crippen LogP contribution in [0.1, 0.15) is 42.1 Å². The predicted octanol–water partition coefficient (Wildman–Crippen LogP) is -2.37. The number of rotatable bonds is 2. The Morgan fingerprint density at radius 3 is 1.92 bits per heavy atom. The van der Waals surface area contributed by atoms with Gasteiger partial charge in [0.1, 0.15) is 0 Å². The van der Waals surface area contributed by atoms with Crippen LogP contribution in [0.3, 0.4) is 0 Å². The van der Waals surface area contributed by atoms with Gasteiger partial charge in [0.25, 0.3) is 0 Å². The van der Waals surface area contributed by atoms with Gasteiger partial charge in [0, 0.05) is 20.8 Å². The fourth-order valence-corrected chi connectivity index (χ4v) is 1.00. The van der Waals surface area contributed by atoms with E-state index in [-0.39, 0.29) is 57.5 Å². The van der Waals surface area contributed by atoms with Gasteiger partial charge in [-0.15, -0.1) is 6.42 Å². The first-order valence-corrected chi connectivity index (χ1v) is 5.87. The summed E-state index contributed by atoms with van der Waals surface area (Å²) in [6.45, 7) is 6.09.